The molecular formula is C20H25F2N3O3S. The van der Waals surface area contributed by atoms with Crippen molar-refractivity contribution in [1.82, 2.24) is 10.2 Å². The molecule has 9 heteroatoms. The van der Waals surface area contributed by atoms with Gasteiger partial charge in [0.15, 0.2) is 11.5 Å². The average Bonchev–Trinajstić information content (AvgIpc) is 2.74. The molecule has 0 saturated carbocycles. The van der Waals surface area contributed by atoms with Gasteiger partial charge in [0.2, 0.25) is 0 Å². The van der Waals surface area contributed by atoms with Gasteiger partial charge in [-0.25, -0.2) is 8.78 Å². The molecule has 1 aromatic carbocycles. The zero-order valence-corrected chi connectivity index (χ0v) is 17.3. The molecule has 1 atom stereocenters. The van der Waals surface area contributed by atoms with E-state index in [-0.39, 0.29) is 37.9 Å². The van der Waals surface area contributed by atoms with Crippen molar-refractivity contribution in [3.05, 3.63) is 34.7 Å². The van der Waals surface area contributed by atoms with E-state index < -0.39 is 5.92 Å². The van der Waals surface area contributed by atoms with Gasteiger partial charge in [-0.2, -0.15) is 0 Å². The van der Waals surface area contributed by atoms with Crippen LogP contribution in [0.25, 0.3) is 0 Å². The van der Waals surface area contributed by atoms with Crippen molar-refractivity contribution >= 4 is 23.2 Å². The second kappa shape index (κ2) is 9.58. The van der Waals surface area contributed by atoms with Gasteiger partial charge in [-0.1, -0.05) is 23.9 Å². The number of nitrogens with zero attached hydrogens (tertiary/aromatic N) is 2. The van der Waals surface area contributed by atoms with Crippen LogP contribution < -0.4 is 14.8 Å². The monoisotopic (exact) mass is 425 g/mol. The summed E-state index contributed by atoms with van der Waals surface area (Å²) in [4.78, 5) is 20.0. The molecule has 29 heavy (non-hydrogen) atoms. The molecule has 1 fully saturated rings. The Bertz CT molecular complexity index is 791. The lowest BCUT2D eigenvalue weighted by atomic mass is 10.0. The standard InChI is InChI=1S/C20H25F2N3O3S/c1-27-16-5-3-4-14(18(16)28-2)19(26)24-12-15(17-6-9-23-13-29-17)25-10-7-20(21,22)8-11-25/h3-6,13,15H,7-12H2,1-2H3,(H,24,26). The Morgan fingerprint density at radius 2 is 2.07 bits per heavy atom. The van der Waals surface area contributed by atoms with E-state index in [0.717, 1.165) is 4.91 Å². The molecule has 1 unspecified atom stereocenters. The number of carbonyl (C=O) groups is 1. The number of likely N-dealkylation sites (tertiary alicyclic amines) is 1. The minimum atomic E-state index is -2.62. The van der Waals surface area contributed by atoms with Gasteiger partial charge in [-0.05, 0) is 12.1 Å². The Hall–Kier alpha value is -2.13. The van der Waals surface area contributed by atoms with E-state index in [9.17, 15) is 13.6 Å². The van der Waals surface area contributed by atoms with E-state index >= 15 is 0 Å². The number of methoxy groups -OCH3 is 2. The number of piperidine rings is 1. The number of ether oxygens (including phenoxy) is 2. The molecule has 6 nitrogen and oxygen atoms in total. The predicted molar refractivity (Wildman–Crippen MR) is 110 cm³/mol. The zero-order chi connectivity index (χ0) is 20.9. The number of para-hydroxylation sites is 1. The summed E-state index contributed by atoms with van der Waals surface area (Å²) in [6.45, 7) is 1.42. The van der Waals surface area contributed by atoms with E-state index in [1.54, 1.807) is 23.7 Å². The highest BCUT2D eigenvalue weighted by atomic mass is 32.2. The van der Waals surface area contributed by atoms with Crippen molar-refractivity contribution < 1.29 is 23.0 Å². The van der Waals surface area contributed by atoms with Crippen molar-refractivity contribution in [2.24, 2.45) is 4.99 Å². The summed E-state index contributed by atoms with van der Waals surface area (Å²) < 4.78 is 37.8. The van der Waals surface area contributed by atoms with Gasteiger partial charge in [0.1, 0.15) is 0 Å². The molecule has 2 aliphatic heterocycles. The van der Waals surface area contributed by atoms with Crippen molar-refractivity contribution in [2.75, 3.05) is 40.4 Å². The van der Waals surface area contributed by atoms with Crippen LogP contribution in [0.2, 0.25) is 0 Å². The highest BCUT2D eigenvalue weighted by Crippen LogP contribution is 2.33. The summed E-state index contributed by atoms with van der Waals surface area (Å²) in [6.07, 6.45) is 1.64. The third-order valence-electron chi connectivity index (χ3n) is 5.06. The van der Waals surface area contributed by atoms with E-state index in [1.165, 1.54) is 26.0 Å². The summed E-state index contributed by atoms with van der Waals surface area (Å²) in [5, 5.41) is 2.94. The lowest BCUT2D eigenvalue weighted by molar-refractivity contribution is -0.0597. The Morgan fingerprint density at radius 1 is 1.31 bits per heavy atom. The van der Waals surface area contributed by atoms with Gasteiger partial charge in [0, 0.05) is 37.4 Å². The van der Waals surface area contributed by atoms with Crippen LogP contribution in [-0.2, 0) is 0 Å². The van der Waals surface area contributed by atoms with Crippen molar-refractivity contribution in [3.63, 3.8) is 0 Å². The van der Waals surface area contributed by atoms with Gasteiger partial charge in [0.05, 0.1) is 37.9 Å². The molecule has 1 aromatic rings. The van der Waals surface area contributed by atoms with Crippen LogP contribution in [0.4, 0.5) is 8.78 Å². The number of rotatable bonds is 7. The number of nitrogens with one attached hydrogen (secondary N) is 1. The number of carbonyl (C=O) groups excluding carboxylic acids is 1. The molecule has 2 heterocycles. The lowest BCUT2D eigenvalue weighted by Crippen LogP contribution is -2.50. The maximum Gasteiger partial charge on any atom is 0.255 e. The Kier molecular flexibility index (Phi) is 7.13. The first-order valence-electron chi connectivity index (χ1n) is 9.41. The fourth-order valence-corrected chi connectivity index (χ4v) is 4.31. The van der Waals surface area contributed by atoms with Crippen molar-refractivity contribution in [1.29, 1.82) is 0 Å². The number of halogens is 2. The van der Waals surface area contributed by atoms with Crippen LogP contribution in [0, 0.1) is 0 Å². The Morgan fingerprint density at radius 3 is 2.69 bits per heavy atom. The number of thioether (sulfide) groups is 1. The topological polar surface area (TPSA) is 63.2 Å². The first kappa shape index (κ1) is 21.6. The normalized spacial score (nSPS) is 19.9. The SMILES string of the molecule is COc1cccc(C(=O)NCC(C2=CCN=CS2)N2CCC(F)(F)CC2)c1OC. The quantitative estimate of drug-likeness (QED) is 0.727. The number of hydrogen-bond donors (Lipinski definition) is 1. The predicted octanol–water partition coefficient (Wildman–Crippen LogP) is 3.19. The first-order valence-corrected chi connectivity index (χ1v) is 10.3. The number of benzene rings is 1. The van der Waals surface area contributed by atoms with Crippen LogP contribution in [0.5, 0.6) is 11.5 Å². The third kappa shape index (κ3) is 5.27. The van der Waals surface area contributed by atoms with Crippen LogP contribution in [-0.4, -0.2) is 68.7 Å². The van der Waals surface area contributed by atoms with Gasteiger partial charge < -0.3 is 14.8 Å². The summed E-state index contributed by atoms with van der Waals surface area (Å²) in [5.41, 5.74) is 2.12. The molecule has 0 radical (unpaired) electrons. The largest absolute Gasteiger partial charge is 0.493 e. The Labute approximate surface area is 173 Å². The zero-order valence-electron chi connectivity index (χ0n) is 16.5. The number of amides is 1. The number of aliphatic imine (C=N–C) groups is 1. The second-order valence-corrected chi connectivity index (χ2v) is 7.77. The molecule has 158 valence electrons. The lowest BCUT2D eigenvalue weighted by Gasteiger charge is -2.38. The Balaban J connectivity index is 1.73. The summed E-state index contributed by atoms with van der Waals surface area (Å²) in [5.74, 6) is -2.09. The molecule has 1 amide bonds. The first-order chi connectivity index (χ1) is 13.9. The fraction of sp³-hybridized carbons (Fsp3) is 0.500. The summed E-state index contributed by atoms with van der Waals surface area (Å²) in [7, 11) is 2.99. The maximum absolute atomic E-state index is 13.6. The molecule has 2 aliphatic rings. The molecule has 0 bridgehead atoms. The molecule has 0 aromatic heterocycles. The molecule has 1 saturated heterocycles. The smallest absolute Gasteiger partial charge is 0.255 e. The van der Waals surface area contributed by atoms with E-state index in [0.29, 0.717) is 30.2 Å². The molecule has 3 rings (SSSR count). The summed E-state index contributed by atoms with van der Waals surface area (Å²) in [6, 6.07) is 4.92. The van der Waals surface area contributed by atoms with Crippen molar-refractivity contribution in [2.45, 2.75) is 24.8 Å². The maximum atomic E-state index is 13.6. The minimum Gasteiger partial charge on any atom is -0.493 e. The number of alkyl halides is 2. The van der Waals surface area contributed by atoms with Crippen molar-refractivity contribution in [3.8, 4) is 11.5 Å². The van der Waals surface area contributed by atoms with Crippen LogP contribution in [0.15, 0.2) is 34.2 Å². The van der Waals surface area contributed by atoms with Gasteiger partial charge in [-0.3, -0.25) is 14.7 Å². The van der Waals surface area contributed by atoms with E-state index in [1.807, 2.05) is 11.0 Å². The van der Waals surface area contributed by atoms with E-state index in [2.05, 4.69) is 10.3 Å². The third-order valence-corrected chi connectivity index (χ3v) is 6.03. The minimum absolute atomic E-state index is 0.173. The van der Waals surface area contributed by atoms with Crippen LogP contribution in [0.3, 0.4) is 0 Å². The molecule has 0 spiro atoms. The van der Waals surface area contributed by atoms with Gasteiger partial charge in [0.25, 0.3) is 11.8 Å². The summed E-state index contributed by atoms with van der Waals surface area (Å²) >= 11 is 1.47. The van der Waals surface area contributed by atoms with E-state index in [4.69, 9.17) is 9.47 Å². The highest BCUT2D eigenvalue weighted by molar-refractivity contribution is 8.15. The van der Waals surface area contributed by atoms with Crippen LogP contribution in [0.1, 0.15) is 23.2 Å². The molecule has 1 N–H and O–H groups in total. The van der Waals surface area contributed by atoms with Crippen LogP contribution >= 0.6 is 11.8 Å². The molecular weight excluding hydrogens is 400 g/mol. The fourth-order valence-electron chi connectivity index (χ4n) is 3.47. The van der Waals surface area contributed by atoms with Gasteiger partial charge >= 0.3 is 0 Å². The number of hydrogen-bond acceptors (Lipinski definition) is 6. The molecule has 0 aliphatic carbocycles. The average molecular weight is 426 g/mol. The highest BCUT2D eigenvalue weighted by Gasteiger charge is 2.37. The van der Waals surface area contributed by atoms with Gasteiger partial charge in [-0.15, -0.1) is 0 Å². The second-order valence-electron chi connectivity index (χ2n) is 6.85.